The maximum Gasteiger partial charge on any atom is 0.293 e. The van der Waals surface area contributed by atoms with Gasteiger partial charge in [-0.15, -0.1) is 0 Å². The molecule has 0 aliphatic carbocycles. The molecular weight excluding hydrogens is 318 g/mol. The summed E-state index contributed by atoms with van der Waals surface area (Å²) in [4.78, 5) is 9.78. The number of nitrogens with two attached hydrogens (primary N) is 1. The van der Waals surface area contributed by atoms with Gasteiger partial charge < -0.3 is 5.73 Å². The van der Waals surface area contributed by atoms with E-state index in [0.29, 0.717) is 0 Å². The molecule has 0 aromatic heterocycles. The van der Waals surface area contributed by atoms with Crippen molar-refractivity contribution in [2.45, 2.75) is 4.90 Å². The van der Waals surface area contributed by atoms with E-state index in [-0.39, 0.29) is 21.3 Å². The fourth-order valence-corrected chi connectivity index (χ4v) is 2.93. The summed E-state index contributed by atoms with van der Waals surface area (Å²) in [6, 6.07) is 9.50. The molecule has 2 rings (SSSR count). The second-order valence-corrected chi connectivity index (χ2v) is 6.15. The Morgan fingerprint density at radius 1 is 1.19 bits per heavy atom. The number of sulfonamides is 1. The van der Waals surface area contributed by atoms with Crippen LogP contribution in [0.4, 0.5) is 17.1 Å². The van der Waals surface area contributed by atoms with Crippen LogP contribution < -0.4 is 10.5 Å². The summed E-state index contributed by atoms with van der Waals surface area (Å²) in [7, 11) is -4.00. The number of halogens is 1. The smallest absolute Gasteiger partial charge is 0.293 e. The van der Waals surface area contributed by atoms with Gasteiger partial charge in [-0.25, -0.2) is 8.42 Å². The lowest BCUT2D eigenvalue weighted by molar-refractivity contribution is -0.384. The Bertz CT molecular complexity index is 808. The monoisotopic (exact) mass is 327 g/mol. The molecule has 0 aliphatic rings. The molecule has 7 nitrogen and oxygen atoms in total. The predicted octanol–water partition coefficient (Wildman–Crippen LogP) is 2.63. The van der Waals surface area contributed by atoms with Crippen LogP contribution in [0.25, 0.3) is 0 Å². The van der Waals surface area contributed by atoms with E-state index in [4.69, 9.17) is 17.3 Å². The van der Waals surface area contributed by atoms with Gasteiger partial charge in [0.1, 0.15) is 5.69 Å². The van der Waals surface area contributed by atoms with Gasteiger partial charge in [0.05, 0.1) is 20.5 Å². The van der Waals surface area contributed by atoms with Crippen LogP contribution in [0.2, 0.25) is 5.02 Å². The molecule has 0 saturated carbocycles. The number of nitro groups is 1. The first kappa shape index (κ1) is 15.1. The standard InChI is InChI=1S/C12H10ClN3O4S/c13-9-3-1-2-4-11(9)15-21(19,20)8-5-6-10(14)12(7-8)16(17)18/h1-7,15H,14H2. The van der Waals surface area contributed by atoms with Gasteiger partial charge >= 0.3 is 0 Å². The Labute approximate surface area is 125 Å². The summed E-state index contributed by atoms with van der Waals surface area (Å²) in [5, 5.41) is 11.0. The van der Waals surface area contributed by atoms with Crippen LogP contribution in [0.1, 0.15) is 0 Å². The van der Waals surface area contributed by atoms with Crippen LogP contribution in [0.3, 0.4) is 0 Å². The van der Waals surface area contributed by atoms with E-state index >= 15 is 0 Å². The highest BCUT2D eigenvalue weighted by atomic mass is 35.5. The Balaban J connectivity index is 2.43. The molecule has 0 radical (unpaired) electrons. The highest BCUT2D eigenvalue weighted by Gasteiger charge is 2.21. The molecule has 9 heteroatoms. The number of hydrogen-bond acceptors (Lipinski definition) is 5. The fourth-order valence-electron chi connectivity index (χ4n) is 1.60. The molecule has 0 amide bonds. The van der Waals surface area contributed by atoms with Crippen molar-refractivity contribution >= 4 is 38.7 Å². The molecule has 0 unspecified atom stereocenters. The number of hydrogen-bond donors (Lipinski definition) is 2. The van der Waals surface area contributed by atoms with Crippen molar-refractivity contribution in [3.05, 3.63) is 57.6 Å². The van der Waals surface area contributed by atoms with Crippen LogP contribution in [0, 0.1) is 10.1 Å². The quantitative estimate of drug-likeness (QED) is 0.508. The maximum absolute atomic E-state index is 12.2. The van der Waals surface area contributed by atoms with Crippen LogP contribution in [-0.4, -0.2) is 13.3 Å². The van der Waals surface area contributed by atoms with E-state index in [1.807, 2.05) is 0 Å². The number of para-hydroxylation sites is 1. The summed E-state index contributed by atoms with van der Waals surface area (Å²) < 4.78 is 26.7. The lowest BCUT2D eigenvalue weighted by Crippen LogP contribution is -2.13. The summed E-state index contributed by atoms with van der Waals surface area (Å²) >= 11 is 5.87. The third-order valence-electron chi connectivity index (χ3n) is 2.63. The van der Waals surface area contributed by atoms with Crippen molar-refractivity contribution in [3.8, 4) is 0 Å². The number of anilines is 2. The molecule has 0 spiro atoms. The van der Waals surface area contributed by atoms with Crippen LogP contribution in [0.15, 0.2) is 47.4 Å². The van der Waals surface area contributed by atoms with E-state index < -0.39 is 20.6 Å². The molecule has 0 heterocycles. The molecule has 2 aromatic rings. The minimum atomic E-state index is -4.00. The fraction of sp³-hybridized carbons (Fsp3) is 0. The average Bonchev–Trinajstić information content (AvgIpc) is 2.41. The largest absolute Gasteiger partial charge is 0.393 e. The lowest BCUT2D eigenvalue weighted by atomic mass is 10.3. The van der Waals surface area contributed by atoms with Crippen molar-refractivity contribution in [3.63, 3.8) is 0 Å². The minimum Gasteiger partial charge on any atom is -0.393 e. The third kappa shape index (κ3) is 3.23. The van der Waals surface area contributed by atoms with E-state index in [1.165, 1.54) is 24.3 Å². The molecule has 3 N–H and O–H groups in total. The molecule has 0 aliphatic heterocycles. The number of rotatable bonds is 4. The number of nitrogens with zero attached hydrogens (tertiary/aromatic N) is 1. The zero-order valence-corrected chi connectivity index (χ0v) is 12.1. The van der Waals surface area contributed by atoms with E-state index in [2.05, 4.69) is 4.72 Å². The molecule has 0 bridgehead atoms. The van der Waals surface area contributed by atoms with Crippen molar-refractivity contribution in [1.82, 2.24) is 0 Å². The molecule has 2 aromatic carbocycles. The number of nitrogen functional groups attached to an aromatic ring is 1. The Hall–Kier alpha value is -2.32. The zero-order chi connectivity index (χ0) is 15.6. The normalized spacial score (nSPS) is 11.1. The zero-order valence-electron chi connectivity index (χ0n) is 10.5. The molecule has 0 fully saturated rings. The first-order valence-electron chi connectivity index (χ1n) is 5.62. The van der Waals surface area contributed by atoms with Gasteiger partial charge in [-0.2, -0.15) is 0 Å². The molecule has 0 saturated heterocycles. The second kappa shape index (κ2) is 5.58. The first-order chi connectivity index (χ1) is 9.81. The van der Waals surface area contributed by atoms with Crippen molar-refractivity contribution in [2.24, 2.45) is 0 Å². The van der Waals surface area contributed by atoms with Crippen molar-refractivity contribution < 1.29 is 13.3 Å². The highest BCUT2D eigenvalue weighted by molar-refractivity contribution is 7.92. The van der Waals surface area contributed by atoms with E-state index in [0.717, 1.165) is 6.07 Å². The summed E-state index contributed by atoms with van der Waals surface area (Å²) in [6.07, 6.45) is 0. The van der Waals surface area contributed by atoms with Gasteiger partial charge in [0, 0.05) is 6.07 Å². The maximum atomic E-state index is 12.2. The molecule has 0 atom stereocenters. The van der Waals surface area contributed by atoms with Crippen LogP contribution in [0.5, 0.6) is 0 Å². The van der Waals surface area contributed by atoms with Gasteiger partial charge in [0.15, 0.2) is 0 Å². The molecule has 21 heavy (non-hydrogen) atoms. The summed E-state index contributed by atoms with van der Waals surface area (Å²) in [5.74, 6) is 0. The molecule has 110 valence electrons. The Kier molecular flexibility index (Phi) is 4.01. The van der Waals surface area contributed by atoms with Gasteiger partial charge in [-0.3, -0.25) is 14.8 Å². The number of nitrogens with one attached hydrogen (secondary N) is 1. The van der Waals surface area contributed by atoms with Crippen molar-refractivity contribution in [2.75, 3.05) is 10.5 Å². The first-order valence-corrected chi connectivity index (χ1v) is 7.48. The third-order valence-corrected chi connectivity index (χ3v) is 4.32. The number of benzene rings is 2. The highest BCUT2D eigenvalue weighted by Crippen LogP contribution is 2.28. The number of nitro benzene ring substituents is 1. The lowest BCUT2D eigenvalue weighted by Gasteiger charge is -2.09. The van der Waals surface area contributed by atoms with Crippen LogP contribution >= 0.6 is 11.6 Å². The summed E-state index contributed by atoms with van der Waals surface area (Å²) in [5.41, 5.74) is 5.02. The van der Waals surface area contributed by atoms with E-state index in [9.17, 15) is 18.5 Å². The Morgan fingerprint density at radius 3 is 2.48 bits per heavy atom. The topological polar surface area (TPSA) is 115 Å². The SMILES string of the molecule is Nc1ccc(S(=O)(=O)Nc2ccccc2Cl)cc1[N+](=O)[O-]. The van der Waals surface area contributed by atoms with Crippen molar-refractivity contribution in [1.29, 1.82) is 0 Å². The summed E-state index contributed by atoms with van der Waals surface area (Å²) in [6.45, 7) is 0. The second-order valence-electron chi connectivity index (χ2n) is 4.06. The molecular formula is C12H10ClN3O4S. The van der Waals surface area contributed by atoms with Crippen LogP contribution in [-0.2, 0) is 10.0 Å². The van der Waals surface area contributed by atoms with Gasteiger partial charge in [0.25, 0.3) is 15.7 Å². The minimum absolute atomic E-state index is 0.114. The average molecular weight is 328 g/mol. The van der Waals surface area contributed by atoms with Gasteiger partial charge in [0.2, 0.25) is 0 Å². The van der Waals surface area contributed by atoms with Gasteiger partial charge in [-0.1, -0.05) is 23.7 Å². The van der Waals surface area contributed by atoms with E-state index in [1.54, 1.807) is 12.1 Å². The predicted molar refractivity (Wildman–Crippen MR) is 79.8 cm³/mol. The van der Waals surface area contributed by atoms with Gasteiger partial charge in [-0.05, 0) is 24.3 Å². The Morgan fingerprint density at radius 2 is 1.86 bits per heavy atom.